The number of benzene rings is 2. The molecule has 0 aliphatic carbocycles. The van der Waals surface area contributed by atoms with Crippen molar-refractivity contribution in [1.82, 2.24) is 9.97 Å². The minimum atomic E-state index is -0.443. The number of anilines is 3. The molecular formula is C17H11Cl2FN4O. The van der Waals surface area contributed by atoms with Crippen LogP contribution in [0.5, 0.6) is 0 Å². The third-order valence-electron chi connectivity index (χ3n) is 3.21. The minimum absolute atomic E-state index is 0.169. The van der Waals surface area contributed by atoms with Crippen LogP contribution < -0.4 is 10.6 Å². The smallest absolute Gasteiger partial charge is 0.258 e. The van der Waals surface area contributed by atoms with E-state index in [1.54, 1.807) is 30.3 Å². The normalized spacial score (nSPS) is 10.4. The van der Waals surface area contributed by atoms with E-state index < -0.39 is 11.7 Å². The van der Waals surface area contributed by atoms with Gasteiger partial charge in [-0.15, -0.1) is 0 Å². The van der Waals surface area contributed by atoms with Crippen LogP contribution in [0.2, 0.25) is 10.0 Å². The largest absolute Gasteiger partial charge is 0.322 e. The van der Waals surface area contributed by atoms with Crippen molar-refractivity contribution in [3.05, 3.63) is 76.3 Å². The SMILES string of the molecule is O=C(Nc1cc(Cl)ccc1Cl)c1cnc(Nc2ccccc2F)nc1. The van der Waals surface area contributed by atoms with E-state index in [0.717, 1.165) is 0 Å². The van der Waals surface area contributed by atoms with Crippen molar-refractivity contribution in [2.24, 2.45) is 0 Å². The maximum absolute atomic E-state index is 13.6. The molecule has 2 N–H and O–H groups in total. The Bertz CT molecular complexity index is 919. The van der Waals surface area contributed by atoms with Gasteiger partial charge in [0.25, 0.3) is 5.91 Å². The predicted octanol–water partition coefficient (Wildman–Crippen LogP) is 4.92. The van der Waals surface area contributed by atoms with Gasteiger partial charge in [-0.1, -0.05) is 35.3 Å². The Morgan fingerprint density at radius 1 is 1.00 bits per heavy atom. The summed E-state index contributed by atoms with van der Waals surface area (Å²) < 4.78 is 13.6. The number of para-hydroxylation sites is 1. The van der Waals surface area contributed by atoms with Gasteiger partial charge >= 0.3 is 0 Å². The second-order valence-electron chi connectivity index (χ2n) is 4.98. The summed E-state index contributed by atoms with van der Waals surface area (Å²) in [5, 5.41) is 6.17. The molecule has 1 amide bonds. The van der Waals surface area contributed by atoms with E-state index in [1.165, 1.54) is 24.5 Å². The first-order valence-electron chi connectivity index (χ1n) is 7.13. The molecule has 8 heteroatoms. The quantitative estimate of drug-likeness (QED) is 0.678. The minimum Gasteiger partial charge on any atom is -0.322 e. The number of halogens is 3. The van der Waals surface area contributed by atoms with Crippen LogP contribution in [0.3, 0.4) is 0 Å². The maximum atomic E-state index is 13.6. The molecule has 0 atom stereocenters. The molecule has 0 fully saturated rings. The van der Waals surface area contributed by atoms with Crippen LogP contribution in [0.1, 0.15) is 10.4 Å². The number of nitrogens with zero attached hydrogens (tertiary/aromatic N) is 2. The molecule has 1 aromatic heterocycles. The summed E-state index contributed by atoms with van der Waals surface area (Å²) >= 11 is 11.9. The summed E-state index contributed by atoms with van der Waals surface area (Å²) in [5.74, 6) is -0.701. The Balaban J connectivity index is 1.72. The van der Waals surface area contributed by atoms with Crippen molar-refractivity contribution in [3.63, 3.8) is 0 Å². The third kappa shape index (κ3) is 4.23. The number of nitrogens with one attached hydrogen (secondary N) is 2. The summed E-state index contributed by atoms with van der Waals surface area (Å²) in [6, 6.07) is 10.9. The summed E-state index contributed by atoms with van der Waals surface area (Å²) in [7, 11) is 0. The van der Waals surface area contributed by atoms with Crippen molar-refractivity contribution in [2.45, 2.75) is 0 Å². The van der Waals surface area contributed by atoms with Gasteiger partial charge in [0.2, 0.25) is 5.95 Å². The lowest BCUT2D eigenvalue weighted by Crippen LogP contribution is -2.13. The topological polar surface area (TPSA) is 66.9 Å². The van der Waals surface area contributed by atoms with Gasteiger partial charge < -0.3 is 10.6 Å². The zero-order valence-electron chi connectivity index (χ0n) is 12.6. The van der Waals surface area contributed by atoms with E-state index in [1.807, 2.05) is 0 Å². The highest BCUT2D eigenvalue weighted by molar-refractivity contribution is 6.35. The molecule has 0 aliphatic rings. The Morgan fingerprint density at radius 3 is 2.44 bits per heavy atom. The average Bonchev–Trinajstić information content (AvgIpc) is 2.61. The first-order chi connectivity index (χ1) is 12.0. The van der Waals surface area contributed by atoms with E-state index >= 15 is 0 Å². The van der Waals surface area contributed by atoms with E-state index in [2.05, 4.69) is 20.6 Å². The van der Waals surface area contributed by atoms with Crippen molar-refractivity contribution in [1.29, 1.82) is 0 Å². The molecule has 0 bridgehead atoms. The van der Waals surface area contributed by atoms with Crippen LogP contribution in [-0.2, 0) is 0 Å². The fourth-order valence-corrected chi connectivity index (χ4v) is 2.32. The third-order valence-corrected chi connectivity index (χ3v) is 3.78. The van der Waals surface area contributed by atoms with Gasteiger partial charge in [0, 0.05) is 17.4 Å². The zero-order chi connectivity index (χ0) is 17.8. The maximum Gasteiger partial charge on any atom is 0.258 e. The summed E-state index contributed by atoms with van der Waals surface area (Å²) in [5.41, 5.74) is 0.841. The molecule has 0 radical (unpaired) electrons. The molecule has 5 nitrogen and oxygen atoms in total. The van der Waals surface area contributed by atoms with Crippen molar-refractivity contribution < 1.29 is 9.18 Å². The van der Waals surface area contributed by atoms with Gasteiger partial charge in [0.05, 0.1) is 22.0 Å². The fraction of sp³-hybridized carbons (Fsp3) is 0. The highest BCUT2D eigenvalue weighted by atomic mass is 35.5. The van der Waals surface area contributed by atoms with E-state index in [0.29, 0.717) is 15.7 Å². The van der Waals surface area contributed by atoms with Crippen molar-refractivity contribution >= 4 is 46.4 Å². The van der Waals surface area contributed by atoms with Crippen molar-refractivity contribution in [3.8, 4) is 0 Å². The first kappa shape index (κ1) is 17.1. The average molecular weight is 377 g/mol. The Morgan fingerprint density at radius 2 is 1.72 bits per heavy atom. The number of aromatic nitrogens is 2. The number of carbonyl (C=O) groups excluding carboxylic acids is 1. The highest BCUT2D eigenvalue weighted by Crippen LogP contribution is 2.26. The van der Waals surface area contributed by atoms with Crippen LogP contribution in [-0.4, -0.2) is 15.9 Å². The lowest BCUT2D eigenvalue weighted by molar-refractivity contribution is 0.102. The standard InChI is InChI=1S/C17H11Cl2FN4O/c18-11-5-6-12(19)15(7-11)23-16(25)10-8-21-17(22-9-10)24-14-4-2-1-3-13(14)20/h1-9H,(H,23,25)(H,21,22,24). The molecule has 0 aliphatic heterocycles. The van der Waals surface area contributed by atoms with E-state index in [9.17, 15) is 9.18 Å². The molecule has 3 rings (SSSR count). The van der Waals surface area contributed by atoms with E-state index in [4.69, 9.17) is 23.2 Å². The lowest BCUT2D eigenvalue weighted by atomic mass is 10.2. The molecule has 0 spiro atoms. The summed E-state index contributed by atoms with van der Waals surface area (Å²) in [4.78, 5) is 20.2. The van der Waals surface area contributed by atoms with Crippen LogP contribution >= 0.6 is 23.2 Å². The fourth-order valence-electron chi connectivity index (χ4n) is 1.98. The summed E-state index contributed by atoms with van der Waals surface area (Å²) in [6.07, 6.45) is 2.65. The van der Waals surface area contributed by atoms with Crippen LogP contribution in [0.15, 0.2) is 54.9 Å². The molecule has 3 aromatic rings. The van der Waals surface area contributed by atoms with Gasteiger partial charge in [-0.2, -0.15) is 0 Å². The Labute approximate surface area is 152 Å². The number of hydrogen-bond acceptors (Lipinski definition) is 4. The number of hydrogen-bond donors (Lipinski definition) is 2. The van der Waals surface area contributed by atoms with Gasteiger partial charge in [0.1, 0.15) is 5.82 Å². The molecule has 126 valence electrons. The van der Waals surface area contributed by atoms with Gasteiger partial charge in [-0.3, -0.25) is 4.79 Å². The Kier molecular flexibility index (Phi) is 5.11. The van der Waals surface area contributed by atoms with E-state index in [-0.39, 0.29) is 17.2 Å². The molecular weight excluding hydrogens is 366 g/mol. The van der Waals surface area contributed by atoms with Crippen LogP contribution in [0.4, 0.5) is 21.7 Å². The number of rotatable bonds is 4. The molecule has 0 saturated heterocycles. The monoisotopic (exact) mass is 376 g/mol. The number of amides is 1. The van der Waals surface area contributed by atoms with Gasteiger partial charge in [0.15, 0.2) is 0 Å². The van der Waals surface area contributed by atoms with Gasteiger partial charge in [-0.05, 0) is 30.3 Å². The van der Waals surface area contributed by atoms with Crippen LogP contribution in [0.25, 0.3) is 0 Å². The van der Waals surface area contributed by atoms with Crippen LogP contribution in [0, 0.1) is 5.82 Å². The first-order valence-corrected chi connectivity index (χ1v) is 7.88. The lowest BCUT2D eigenvalue weighted by Gasteiger charge is -2.08. The molecule has 0 saturated carbocycles. The second-order valence-corrected chi connectivity index (χ2v) is 5.82. The predicted molar refractivity (Wildman–Crippen MR) is 96.1 cm³/mol. The molecule has 1 heterocycles. The number of carbonyl (C=O) groups is 1. The molecule has 0 unspecified atom stereocenters. The second kappa shape index (κ2) is 7.46. The van der Waals surface area contributed by atoms with Gasteiger partial charge in [-0.25, -0.2) is 14.4 Å². The highest BCUT2D eigenvalue weighted by Gasteiger charge is 2.11. The van der Waals surface area contributed by atoms with Crippen molar-refractivity contribution in [2.75, 3.05) is 10.6 Å². The molecule has 25 heavy (non-hydrogen) atoms. The molecule has 2 aromatic carbocycles. The zero-order valence-corrected chi connectivity index (χ0v) is 14.1. The Hall–Kier alpha value is -2.70. The summed E-state index contributed by atoms with van der Waals surface area (Å²) in [6.45, 7) is 0.